The number of fused-ring (bicyclic) bond motifs is 3. The van der Waals surface area contributed by atoms with E-state index in [1.165, 1.54) is 5.56 Å². The summed E-state index contributed by atoms with van der Waals surface area (Å²) in [5.74, 6) is 0. The van der Waals surface area contributed by atoms with Gasteiger partial charge in [0, 0.05) is 16.2 Å². The zero-order valence-corrected chi connectivity index (χ0v) is 16.7. The number of aromatic amines is 1. The zero-order chi connectivity index (χ0) is 19.8. The minimum atomic E-state index is -0.0832. The molecule has 2 aromatic heterocycles. The average molecular weight is 398 g/mol. The minimum absolute atomic E-state index is 0.0832. The van der Waals surface area contributed by atoms with Crippen molar-refractivity contribution in [1.29, 1.82) is 0 Å². The normalized spacial score (nSPS) is 12.4. The first-order valence-corrected chi connectivity index (χ1v) is 10.4. The average Bonchev–Trinajstić information content (AvgIpc) is 3.14. The van der Waals surface area contributed by atoms with Gasteiger partial charge in [0.25, 0.3) is 5.56 Å². The predicted molar refractivity (Wildman–Crippen MR) is 120 cm³/mol. The molecule has 1 N–H and O–H groups in total. The molecule has 5 aromatic rings. The molecule has 0 aliphatic rings. The molecule has 1 unspecified atom stereocenters. The van der Waals surface area contributed by atoms with Gasteiger partial charge < -0.3 is 4.98 Å². The number of rotatable bonds is 4. The second-order valence-electron chi connectivity index (χ2n) is 6.94. The molecule has 0 bridgehead atoms. The first-order chi connectivity index (χ1) is 14.2. The van der Waals surface area contributed by atoms with E-state index in [0.29, 0.717) is 10.7 Å². The van der Waals surface area contributed by atoms with Gasteiger partial charge in [-0.15, -0.1) is 0 Å². The highest BCUT2D eigenvalue weighted by molar-refractivity contribution is 7.99. The predicted octanol–water partition coefficient (Wildman–Crippen LogP) is 5.72. The molecular weight excluding hydrogens is 378 g/mol. The van der Waals surface area contributed by atoms with Gasteiger partial charge in [0.15, 0.2) is 5.16 Å². The number of aromatic nitrogens is 3. The smallest absolute Gasteiger partial charge is 0.283 e. The highest BCUT2D eigenvalue weighted by atomic mass is 32.2. The molecule has 5 rings (SSSR count). The van der Waals surface area contributed by atoms with Crippen LogP contribution in [-0.2, 0) is 0 Å². The summed E-state index contributed by atoms with van der Waals surface area (Å²) in [5, 5.41) is 1.81. The fourth-order valence-electron chi connectivity index (χ4n) is 3.58. The Labute approximate surface area is 172 Å². The SMILES string of the molecule is CC(Sc1nc2c([nH]c3ccccc32)c(=O)n1-c1ccccc1)c1ccccc1. The Hall–Kier alpha value is -3.31. The second-order valence-corrected chi connectivity index (χ2v) is 8.24. The van der Waals surface area contributed by atoms with Gasteiger partial charge in [0.05, 0.1) is 5.69 Å². The Morgan fingerprint density at radius 2 is 1.55 bits per heavy atom. The summed E-state index contributed by atoms with van der Waals surface area (Å²) in [6.45, 7) is 2.14. The van der Waals surface area contributed by atoms with Crippen molar-refractivity contribution in [1.82, 2.24) is 14.5 Å². The molecule has 0 spiro atoms. The van der Waals surface area contributed by atoms with E-state index in [2.05, 4.69) is 24.0 Å². The van der Waals surface area contributed by atoms with Crippen molar-refractivity contribution in [3.8, 4) is 5.69 Å². The molecule has 29 heavy (non-hydrogen) atoms. The molecule has 0 saturated carbocycles. The van der Waals surface area contributed by atoms with E-state index in [0.717, 1.165) is 22.1 Å². The number of para-hydroxylation sites is 2. The molecule has 5 heteroatoms. The molecule has 142 valence electrons. The quantitative estimate of drug-likeness (QED) is 0.312. The van der Waals surface area contributed by atoms with Crippen LogP contribution in [0.25, 0.3) is 27.6 Å². The van der Waals surface area contributed by atoms with E-state index in [1.54, 1.807) is 16.3 Å². The van der Waals surface area contributed by atoms with Crippen LogP contribution in [-0.4, -0.2) is 14.5 Å². The first kappa shape index (κ1) is 17.8. The van der Waals surface area contributed by atoms with Gasteiger partial charge in [0.1, 0.15) is 11.0 Å². The van der Waals surface area contributed by atoms with Crippen LogP contribution < -0.4 is 5.56 Å². The van der Waals surface area contributed by atoms with Gasteiger partial charge in [-0.05, 0) is 30.7 Å². The first-order valence-electron chi connectivity index (χ1n) is 9.53. The fraction of sp³-hybridized carbons (Fsp3) is 0.0833. The third-order valence-corrected chi connectivity index (χ3v) is 6.17. The van der Waals surface area contributed by atoms with Gasteiger partial charge in [-0.2, -0.15) is 0 Å². The maximum Gasteiger partial charge on any atom is 0.283 e. The van der Waals surface area contributed by atoms with Gasteiger partial charge in [-0.1, -0.05) is 78.5 Å². The Morgan fingerprint density at radius 3 is 2.31 bits per heavy atom. The third-order valence-electron chi connectivity index (χ3n) is 5.06. The number of benzene rings is 3. The Balaban J connectivity index is 1.75. The summed E-state index contributed by atoms with van der Waals surface area (Å²) in [7, 11) is 0. The van der Waals surface area contributed by atoms with Gasteiger partial charge in [0.2, 0.25) is 0 Å². The van der Waals surface area contributed by atoms with E-state index in [1.807, 2.05) is 72.8 Å². The van der Waals surface area contributed by atoms with Crippen molar-refractivity contribution >= 4 is 33.7 Å². The van der Waals surface area contributed by atoms with Gasteiger partial charge in [-0.3, -0.25) is 9.36 Å². The Kier molecular flexibility index (Phi) is 4.45. The van der Waals surface area contributed by atoms with Crippen LogP contribution in [0, 0.1) is 0 Å². The van der Waals surface area contributed by atoms with E-state index < -0.39 is 0 Å². The molecule has 3 aromatic carbocycles. The zero-order valence-electron chi connectivity index (χ0n) is 15.9. The highest BCUT2D eigenvalue weighted by Crippen LogP contribution is 2.35. The maximum atomic E-state index is 13.5. The summed E-state index contributed by atoms with van der Waals surface area (Å²) >= 11 is 1.60. The lowest BCUT2D eigenvalue weighted by molar-refractivity contribution is 0.814. The lowest BCUT2D eigenvalue weighted by Gasteiger charge is -2.16. The van der Waals surface area contributed by atoms with Gasteiger partial charge in [-0.25, -0.2) is 4.98 Å². The topological polar surface area (TPSA) is 50.7 Å². The van der Waals surface area contributed by atoms with Crippen molar-refractivity contribution in [3.63, 3.8) is 0 Å². The molecule has 0 radical (unpaired) electrons. The van der Waals surface area contributed by atoms with Crippen molar-refractivity contribution in [2.24, 2.45) is 0 Å². The molecule has 0 fully saturated rings. The Morgan fingerprint density at radius 1 is 0.897 bits per heavy atom. The molecule has 0 saturated heterocycles. The lowest BCUT2D eigenvalue weighted by atomic mass is 10.2. The van der Waals surface area contributed by atoms with Crippen LogP contribution >= 0.6 is 11.8 Å². The maximum absolute atomic E-state index is 13.5. The molecule has 0 aliphatic carbocycles. The fourth-order valence-corrected chi connectivity index (χ4v) is 4.62. The van der Waals surface area contributed by atoms with Crippen molar-refractivity contribution in [2.75, 3.05) is 0 Å². The molecule has 1 atom stereocenters. The van der Waals surface area contributed by atoms with Crippen LogP contribution in [0.15, 0.2) is 94.9 Å². The molecular formula is C24H19N3OS. The van der Waals surface area contributed by atoms with E-state index in [9.17, 15) is 4.79 Å². The third kappa shape index (κ3) is 3.13. The van der Waals surface area contributed by atoms with Crippen molar-refractivity contribution in [2.45, 2.75) is 17.3 Å². The number of hydrogen-bond acceptors (Lipinski definition) is 3. The van der Waals surface area contributed by atoms with Crippen LogP contribution in [0.1, 0.15) is 17.7 Å². The van der Waals surface area contributed by atoms with Crippen LogP contribution in [0.4, 0.5) is 0 Å². The molecule has 0 amide bonds. The van der Waals surface area contributed by atoms with Crippen LogP contribution in [0.3, 0.4) is 0 Å². The molecule has 0 aliphatic heterocycles. The minimum Gasteiger partial charge on any atom is -0.349 e. The highest BCUT2D eigenvalue weighted by Gasteiger charge is 2.19. The van der Waals surface area contributed by atoms with E-state index in [-0.39, 0.29) is 10.8 Å². The monoisotopic (exact) mass is 397 g/mol. The lowest BCUT2D eigenvalue weighted by Crippen LogP contribution is -2.22. The number of thioether (sulfide) groups is 1. The summed E-state index contributed by atoms with van der Waals surface area (Å²) < 4.78 is 1.71. The Bertz CT molecular complexity index is 1360. The van der Waals surface area contributed by atoms with Crippen LogP contribution in [0.2, 0.25) is 0 Å². The van der Waals surface area contributed by atoms with Crippen molar-refractivity contribution in [3.05, 3.63) is 101 Å². The molecule has 4 nitrogen and oxygen atoms in total. The van der Waals surface area contributed by atoms with E-state index >= 15 is 0 Å². The molecule has 2 heterocycles. The largest absolute Gasteiger partial charge is 0.349 e. The van der Waals surface area contributed by atoms with Crippen molar-refractivity contribution < 1.29 is 0 Å². The van der Waals surface area contributed by atoms with Gasteiger partial charge >= 0.3 is 0 Å². The van der Waals surface area contributed by atoms with Crippen LogP contribution in [0.5, 0.6) is 0 Å². The summed E-state index contributed by atoms with van der Waals surface area (Å²) in [6.07, 6.45) is 0. The number of nitrogens with zero attached hydrogens (tertiary/aromatic N) is 2. The standard InChI is InChI=1S/C24H19N3OS/c1-16(17-10-4-2-5-11-17)29-24-26-21-19-14-8-9-15-20(19)25-22(21)23(28)27(24)18-12-6-3-7-13-18/h2-16,25H,1H3. The summed E-state index contributed by atoms with van der Waals surface area (Å²) in [6, 6.07) is 27.9. The number of H-pyrrole nitrogens is 1. The second kappa shape index (κ2) is 7.26. The van der Waals surface area contributed by atoms with E-state index in [4.69, 9.17) is 4.98 Å². The summed E-state index contributed by atoms with van der Waals surface area (Å²) in [4.78, 5) is 21.7. The number of hydrogen-bond donors (Lipinski definition) is 1. The number of nitrogens with one attached hydrogen (secondary N) is 1. The summed E-state index contributed by atoms with van der Waals surface area (Å²) in [5.41, 5.74) is 4.11.